The predicted molar refractivity (Wildman–Crippen MR) is 132 cm³/mol. The molecule has 10 heteroatoms. The molecule has 0 unspecified atom stereocenters. The van der Waals surface area contributed by atoms with Crippen LogP contribution in [0.2, 0.25) is 5.02 Å². The van der Waals surface area contributed by atoms with Gasteiger partial charge in [0.05, 0.1) is 21.8 Å². The lowest BCUT2D eigenvalue weighted by Gasteiger charge is -2.35. The topological polar surface area (TPSA) is 123 Å². The Morgan fingerprint density at radius 1 is 1.18 bits per heavy atom. The van der Waals surface area contributed by atoms with Crippen LogP contribution in [0.1, 0.15) is 62.4 Å². The molecule has 2 aromatic rings. The second-order valence-electron chi connectivity index (χ2n) is 8.83. The molecule has 0 saturated heterocycles. The minimum Gasteiger partial charge on any atom is -0.382 e. The van der Waals surface area contributed by atoms with Crippen molar-refractivity contribution in [3.8, 4) is 6.07 Å². The molecule has 2 aromatic heterocycles. The van der Waals surface area contributed by atoms with E-state index in [1.807, 2.05) is 27.0 Å². The van der Waals surface area contributed by atoms with Crippen molar-refractivity contribution in [1.82, 2.24) is 20.2 Å². The number of nitrogens with one attached hydrogen (secondary N) is 3. The average molecular weight is 484 g/mol. The first kappa shape index (κ1) is 25.2. The highest BCUT2D eigenvalue weighted by atomic mass is 35.5. The number of aromatic nitrogens is 2. The Bertz CT molecular complexity index is 1090. The second kappa shape index (κ2) is 11.2. The van der Waals surface area contributed by atoms with Crippen LogP contribution in [-0.2, 0) is 4.79 Å². The molecule has 3 N–H and O–H groups in total. The van der Waals surface area contributed by atoms with Crippen LogP contribution in [0.5, 0.6) is 0 Å². The highest BCUT2D eigenvalue weighted by Gasteiger charge is 2.28. The van der Waals surface area contributed by atoms with E-state index in [1.54, 1.807) is 17.2 Å². The van der Waals surface area contributed by atoms with Gasteiger partial charge in [0, 0.05) is 50.6 Å². The fourth-order valence-corrected chi connectivity index (χ4v) is 4.30. The summed E-state index contributed by atoms with van der Waals surface area (Å²) in [4.78, 5) is 35.1. The van der Waals surface area contributed by atoms with Gasteiger partial charge >= 0.3 is 0 Å². The van der Waals surface area contributed by atoms with Crippen LogP contribution < -0.4 is 16.0 Å². The molecule has 1 aliphatic carbocycles. The van der Waals surface area contributed by atoms with Gasteiger partial charge in [-0.25, -0.2) is 9.97 Å². The summed E-state index contributed by atoms with van der Waals surface area (Å²) in [6, 6.07) is 5.64. The first-order valence-electron chi connectivity index (χ1n) is 11.3. The zero-order valence-electron chi connectivity index (χ0n) is 19.9. The molecule has 1 saturated carbocycles. The lowest BCUT2D eigenvalue weighted by atomic mass is 9.90. The van der Waals surface area contributed by atoms with Gasteiger partial charge < -0.3 is 20.9 Å². The van der Waals surface area contributed by atoms with Crippen molar-refractivity contribution in [2.24, 2.45) is 0 Å². The lowest BCUT2D eigenvalue weighted by Crippen LogP contribution is -2.44. The Morgan fingerprint density at radius 3 is 2.47 bits per heavy atom. The van der Waals surface area contributed by atoms with Gasteiger partial charge in [-0.2, -0.15) is 5.26 Å². The van der Waals surface area contributed by atoms with Gasteiger partial charge in [-0.05, 0) is 45.6 Å². The molecule has 34 heavy (non-hydrogen) atoms. The van der Waals surface area contributed by atoms with E-state index in [9.17, 15) is 9.59 Å². The zero-order chi connectivity index (χ0) is 24.8. The van der Waals surface area contributed by atoms with Crippen molar-refractivity contribution in [3.05, 3.63) is 40.7 Å². The number of pyridine rings is 2. The average Bonchev–Trinajstić information content (AvgIpc) is 2.79. The van der Waals surface area contributed by atoms with Crippen LogP contribution in [0.15, 0.2) is 24.5 Å². The molecular weight excluding hydrogens is 454 g/mol. The number of hydrogen-bond donors (Lipinski definition) is 3. The van der Waals surface area contributed by atoms with Crippen molar-refractivity contribution in [3.63, 3.8) is 0 Å². The molecule has 2 amide bonds. The molecule has 0 spiro atoms. The molecular formula is C24H30ClN7O2. The van der Waals surface area contributed by atoms with E-state index in [2.05, 4.69) is 25.9 Å². The van der Waals surface area contributed by atoms with Gasteiger partial charge in [0.25, 0.3) is 5.91 Å². The first-order chi connectivity index (χ1) is 16.2. The summed E-state index contributed by atoms with van der Waals surface area (Å²) < 4.78 is 0. The Hall–Kier alpha value is -3.38. The fraction of sp³-hybridized carbons (Fsp3) is 0.458. The minimum absolute atomic E-state index is 0.0189. The van der Waals surface area contributed by atoms with Crippen molar-refractivity contribution in [2.75, 3.05) is 17.7 Å². The largest absolute Gasteiger partial charge is 0.382 e. The highest BCUT2D eigenvalue weighted by Crippen LogP contribution is 2.28. The SMILES string of the molecule is CC(=O)NC1CCC(N(C)C(=O)c2cnc(Nc3ncc(C#N)cc3Cl)cc2NC(C)C)CC1. The third-order valence-corrected chi connectivity index (χ3v) is 6.06. The Labute approximate surface area is 204 Å². The standard InChI is InChI=1S/C24H30ClN7O2/c1-14(2)29-21-10-22(31-23-20(25)9-16(11-26)12-28-23)27-13-19(21)24(34)32(4)18-7-5-17(6-8-18)30-15(3)33/h9-10,12-14,17-18H,5-8H2,1-4H3,(H,30,33)(H2,27,28,29,31). The maximum Gasteiger partial charge on any atom is 0.257 e. The number of nitrogens with zero attached hydrogens (tertiary/aromatic N) is 4. The number of nitriles is 1. The molecule has 3 rings (SSSR count). The normalized spacial score (nSPS) is 17.6. The van der Waals surface area contributed by atoms with Crippen LogP contribution in [0.3, 0.4) is 0 Å². The summed E-state index contributed by atoms with van der Waals surface area (Å²) in [5, 5.41) is 18.6. The van der Waals surface area contributed by atoms with Gasteiger partial charge in [0.15, 0.2) is 0 Å². The zero-order valence-corrected chi connectivity index (χ0v) is 20.6. The summed E-state index contributed by atoms with van der Waals surface area (Å²) in [5.41, 5.74) is 1.49. The summed E-state index contributed by atoms with van der Waals surface area (Å²) in [6.07, 6.45) is 6.32. The van der Waals surface area contributed by atoms with Crippen LogP contribution in [0.25, 0.3) is 0 Å². The van der Waals surface area contributed by atoms with E-state index >= 15 is 0 Å². The molecule has 1 fully saturated rings. The quantitative estimate of drug-likeness (QED) is 0.542. The Balaban J connectivity index is 1.77. The van der Waals surface area contributed by atoms with E-state index in [-0.39, 0.29) is 29.9 Å². The van der Waals surface area contributed by atoms with E-state index in [0.29, 0.717) is 33.5 Å². The third kappa shape index (κ3) is 6.35. The first-order valence-corrected chi connectivity index (χ1v) is 11.7. The van der Waals surface area contributed by atoms with Crippen molar-refractivity contribution in [1.29, 1.82) is 5.26 Å². The smallest absolute Gasteiger partial charge is 0.257 e. The molecule has 180 valence electrons. The van der Waals surface area contributed by atoms with Crippen molar-refractivity contribution >= 4 is 40.7 Å². The maximum absolute atomic E-state index is 13.4. The van der Waals surface area contributed by atoms with Crippen molar-refractivity contribution < 1.29 is 9.59 Å². The Kier molecular flexibility index (Phi) is 8.29. The Morgan fingerprint density at radius 2 is 1.88 bits per heavy atom. The fourth-order valence-electron chi connectivity index (χ4n) is 4.09. The number of amides is 2. The van der Waals surface area contributed by atoms with Gasteiger partial charge in [-0.1, -0.05) is 11.6 Å². The van der Waals surface area contributed by atoms with E-state index in [0.717, 1.165) is 25.7 Å². The maximum atomic E-state index is 13.4. The molecule has 0 radical (unpaired) electrons. The molecule has 1 aliphatic rings. The molecule has 2 heterocycles. The van der Waals surface area contributed by atoms with Crippen LogP contribution in [0, 0.1) is 11.3 Å². The number of hydrogen-bond acceptors (Lipinski definition) is 7. The molecule has 0 aliphatic heterocycles. The summed E-state index contributed by atoms with van der Waals surface area (Å²) in [6.45, 7) is 5.52. The second-order valence-corrected chi connectivity index (χ2v) is 9.23. The van der Waals surface area contributed by atoms with E-state index in [1.165, 1.54) is 19.2 Å². The number of carbonyl (C=O) groups is 2. The van der Waals surface area contributed by atoms with Gasteiger partial charge in [0.2, 0.25) is 5.91 Å². The lowest BCUT2D eigenvalue weighted by molar-refractivity contribution is -0.119. The molecule has 9 nitrogen and oxygen atoms in total. The monoisotopic (exact) mass is 483 g/mol. The van der Waals surface area contributed by atoms with Crippen LogP contribution in [0.4, 0.5) is 17.3 Å². The molecule has 0 aromatic carbocycles. The van der Waals surface area contributed by atoms with Gasteiger partial charge in [-0.15, -0.1) is 0 Å². The summed E-state index contributed by atoms with van der Waals surface area (Å²) in [5.74, 6) is 0.710. The highest BCUT2D eigenvalue weighted by molar-refractivity contribution is 6.33. The van der Waals surface area contributed by atoms with Crippen LogP contribution in [-0.4, -0.2) is 51.9 Å². The van der Waals surface area contributed by atoms with Crippen LogP contribution >= 0.6 is 11.6 Å². The van der Waals surface area contributed by atoms with Crippen molar-refractivity contribution in [2.45, 2.75) is 64.6 Å². The van der Waals surface area contributed by atoms with E-state index in [4.69, 9.17) is 16.9 Å². The van der Waals surface area contributed by atoms with Gasteiger partial charge in [-0.3, -0.25) is 9.59 Å². The summed E-state index contributed by atoms with van der Waals surface area (Å²) >= 11 is 6.23. The number of anilines is 3. The number of rotatable bonds is 7. The molecule has 0 atom stereocenters. The summed E-state index contributed by atoms with van der Waals surface area (Å²) in [7, 11) is 1.82. The number of halogens is 1. The third-order valence-electron chi connectivity index (χ3n) is 5.77. The van der Waals surface area contributed by atoms with E-state index < -0.39 is 0 Å². The minimum atomic E-state index is -0.111. The predicted octanol–water partition coefficient (Wildman–Crippen LogP) is 4.08. The molecule has 0 bridgehead atoms. The van der Waals surface area contributed by atoms with Gasteiger partial charge in [0.1, 0.15) is 17.7 Å². The number of carbonyl (C=O) groups excluding carboxylic acids is 2.